The Morgan fingerprint density at radius 1 is 1.17 bits per heavy atom. The molecule has 0 fully saturated rings. The van der Waals surface area contributed by atoms with E-state index in [0.29, 0.717) is 0 Å². The van der Waals surface area contributed by atoms with Crippen LogP contribution in [-0.2, 0) is 0 Å². The van der Waals surface area contributed by atoms with Crippen LogP contribution in [0, 0.1) is 0 Å². The molecule has 0 rings (SSSR count). The second-order valence-electron chi connectivity index (χ2n) is 2.84. The van der Waals surface area contributed by atoms with E-state index in [4.69, 9.17) is 22.2 Å². The maximum atomic E-state index is 12.5. The van der Waals surface area contributed by atoms with Gasteiger partial charge in [-0.2, -0.15) is 0 Å². The van der Waals surface area contributed by atoms with Crippen molar-refractivity contribution in [3.05, 3.63) is 0 Å². The van der Waals surface area contributed by atoms with Gasteiger partial charge in [0.05, 0.1) is 0 Å². The van der Waals surface area contributed by atoms with Crippen molar-refractivity contribution >= 4 is 28.9 Å². The Balaban J connectivity index is 4.44. The van der Waals surface area contributed by atoms with E-state index < -0.39 is 24.6 Å². The molecule has 0 N–H and O–H groups in total. The van der Waals surface area contributed by atoms with Crippen molar-refractivity contribution in [1.29, 1.82) is 0 Å². The van der Waals surface area contributed by atoms with Crippen LogP contribution in [0.25, 0.3) is 0 Å². The van der Waals surface area contributed by atoms with E-state index in [1.807, 2.05) is 0 Å². The molecule has 0 heterocycles. The summed E-state index contributed by atoms with van der Waals surface area (Å²) in [5.74, 6) is -8.18. The predicted octanol–water partition coefficient (Wildman–Crippen LogP) is 3.83. The second-order valence-corrected chi connectivity index (χ2v) is 10.9. The Labute approximate surface area is 78.3 Å². The van der Waals surface area contributed by atoms with Gasteiger partial charge in [0, 0.05) is 13.0 Å². The fraction of sp³-hybridized carbons (Fsp3) is 1.00. The lowest BCUT2D eigenvalue weighted by Gasteiger charge is -2.25. The molecule has 0 atom stereocenters. The SMILES string of the molecule is CC(F)(F)C(F)(F)C[Si](C)(Cl)Cl. The van der Waals surface area contributed by atoms with E-state index in [-0.39, 0.29) is 6.92 Å². The molecule has 0 aromatic rings. The first-order valence-electron chi connectivity index (χ1n) is 3.09. The lowest BCUT2D eigenvalue weighted by molar-refractivity contribution is -0.185. The summed E-state index contributed by atoms with van der Waals surface area (Å²) in [5.41, 5.74) is 0. The highest BCUT2D eigenvalue weighted by Gasteiger charge is 2.55. The van der Waals surface area contributed by atoms with Gasteiger partial charge in [0.2, 0.25) is 0 Å². The lowest BCUT2D eigenvalue weighted by atomic mass is 10.2. The Kier molecular flexibility index (Phi) is 3.49. The Morgan fingerprint density at radius 3 is 1.58 bits per heavy atom. The van der Waals surface area contributed by atoms with Crippen LogP contribution < -0.4 is 0 Å². The summed E-state index contributed by atoms with van der Waals surface area (Å²) in [5, 5.41) is 0. The highest BCUT2D eigenvalue weighted by molar-refractivity contribution is 7.44. The normalized spacial score (nSPS) is 15.0. The molecule has 0 radical (unpaired) electrons. The number of hydrogen-bond donors (Lipinski definition) is 0. The van der Waals surface area contributed by atoms with Crippen LogP contribution in [0.15, 0.2) is 0 Å². The van der Waals surface area contributed by atoms with Crippen LogP contribution in [0.5, 0.6) is 0 Å². The van der Waals surface area contributed by atoms with E-state index in [1.165, 1.54) is 6.55 Å². The smallest absolute Gasteiger partial charge is 0.200 e. The number of rotatable bonds is 3. The number of alkyl halides is 4. The molecule has 0 saturated heterocycles. The molecule has 0 aliphatic carbocycles. The molecule has 0 saturated carbocycles. The van der Waals surface area contributed by atoms with Gasteiger partial charge in [-0.3, -0.25) is 0 Å². The van der Waals surface area contributed by atoms with Crippen LogP contribution in [0.4, 0.5) is 17.6 Å². The maximum absolute atomic E-state index is 12.5. The Hall–Kier alpha value is 0.517. The van der Waals surface area contributed by atoms with E-state index in [2.05, 4.69) is 0 Å². The molecule has 0 nitrogen and oxygen atoms in total. The maximum Gasteiger partial charge on any atom is 0.309 e. The summed E-state index contributed by atoms with van der Waals surface area (Å²) in [4.78, 5) is 0. The predicted molar refractivity (Wildman–Crippen MR) is 43.7 cm³/mol. The van der Waals surface area contributed by atoms with Crippen LogP contribution in [0.3, 0.4) is 0 Å². The van der Waals surface area contributed by atoms with Crippen molar-refractivity contribution in [2.24, 2.45) is 0 Å². The van der Waals surface area contributed by atoms with Gasteiger partial charge in [0.1, 0.15) is 0 Å². The molecule has 74 valence electrons. The van der Waals surface area contributed by atoms with Crippen molar-refractivity contribution in [3.63, 3.8) is 0 Å². The third kappa shape index (κ3) is 3.96. The van der Waals surface area contributed by atoms with Crippen LogP contribution in [-0.4, -0.2) is 18.5 Å². The molecule has 0 spiro atoms. The van der Waals surface area contributed by atoms with Gasteiger partial charge < -0.3 is 0 Å². The third-order valence-electron chi connectivity index (χ3n) is 1.17. The van der Waals surface area contributed by atoms with Crippen LogP contribution in [0.2, 0.25) is 12.6 Å². The van der Waals surface area contributed by atoms with Crippen LogP contribution in [0.1, 0.15) is 6.92 Å². The molecule has 0 bridgehead atoms. The van der Waals surface area contributed by atoms with Gasteiger partial charge in [-0.1, -0.05) is 0 Å². The Morgan fingerprint density at radius 2 is 1.50 bits per heavy atom. The third-order valence-corrected chi connectivity index (χ3v) is 3.04. The molecule has 0 aromatic heterocycles. The molecule has 0 aromatic carbocycles. The summed E-state index contributed by atoms with van der Waals surface area (Å²) < 4.78 is 49.5. The summed E-state index contributed by atoms with van der Waals surface area (Å²) >= 11 is 10.6. The number of hydrogen-bond acceptors (Lipinski definition) is 0. The van der Waals surface area contributed by atoms with Crippen molar-refractivity contribution in [1.82, 2.24) is 0 Å². The zero-order valence-corrected chi connectivity index (χ0v) is 8.99. The largest absolute Gasteiger partial charge is 0.309 e. The summed E-state index contributed by atoms with van der Waals surface area (Å²) in [6.45, 7) is -1.86. The van der Waals surface area contributed by atoms with E-state index in [9.17, 15) is 17.6 Å². The first-order chi connectivity index (χ1) is 4.96. The summed E-state index contributed by atoms with van der Waals surface area (Å²) in [7, 11) is 0. The average molecular weight is 243 g/mol. The molecule has 0 unspecified atom stereocenters. The molecular formula is C5H8Cl2F4Si. The lowest BCUT2D eigenvalue weighted by Crippen LogP contribution is -2.41. The molecule has 0 aliphatic rings. The van der Waals surface area contributed by atoms with E-state index in [1.54, 1.807) is 0 Å². The Bertz CT molecular complexity index is 160. The average Bonchev–Trinajstić information content (AvgIpc) is 1.52. The van der Waals surface area contributed by atoms with Gasteiger partial charge in [0.15, 0.2) is 0 Å². The zero-order valence-electron chi connectivity index (χ0n) is 6.47. The zero-order chi connectivity index (χ0) is 10.2. The first-order valence-corrected chi connectivity index (χ1v) is 7.82. The highest BCUT2D eigenvalue weighted by Crippen LogP contribution is 2.41. The van der Waals surface area contributed by atoms with Gasteiger partial charge in [-0.05, 0) is 6.55 Å². The van der Waals surface area contributed by atoms with Crippen molar-refractivity contribution in [2.45, 2.75) is 31.4 Å². The van der Waals surface area contributed by atoms with Crippen molar-refractivity contribution in [2.75, 3.05) is 0 Å². The molecule has 12 heavy (non-hydrogen) atoms. The minimum Gasteiger partial charge on any atom is -0.200 e. The fourth-order valence-electron chi connectivity index (χ4n) is 0.545. The van der Waals surface area contributed by atoms with Gasteiger partial charge in [-0.25, -0.2) is 17.6 Å². The van der Waals surface area contributed by atoms with Crippen LogP contribution >= 0.6 is 22.2 Å². The van der Waals surface area contributed by atoms with Crippen molar-refractivity contribution in [3.8, 4) is 0 Å². The second kappa shape index (κ2) is 3.34. The summed E-state index contributed by atoms with van der Waals surface area (Å²) in [6.07, 6.45) is 0. The topological polar surface area (TPSA) is 0 Å². The first kappa shape index (κ1) is 12.5. The standard InChI is InChI=1S/C5H8Cl2F4Si/c1-4(8,9)5(10,11)3-12(2,6)7/h3H2,1-2H3. The molecule has 0 aliphatic heterocycles. The minimum atomic E-state index is -4.11. The van der Waals surface area contributed by atoms with Gasteiger partial charge in [0.25, 0.3) is 6.69 Å². The molecule has 7 heteroatoms. The van der Waals surface area contributed by atoms with Crippen molar-refractivity contribution < 1.29 is 17.6 Å². The highest BCUT2D eigenvalue weighted by atomic mass is 35.7. The molecule has 0 amide bonds. The van der Waals surface area contributed by atoms with Gasteiger partial charge >= 0.3 is 11.8 Å². The van der Waals surface area contributed by atoms with E-state index >= 15 is 0 Å². The molecular weight excluding hydrogens is 235 g/mol. The number of halogens is 6. The van der Waals surface area contributed by atoms with Gasteiger partial charge in [-0.15, -0.1) is 22.2 Å². The van der Waals surface area contributed by atoms with E-state index in [0.717, 1.165) is 0 Å². The monoisotopic (exact) mass is 242 g/mol. The minimum absolute atomic E-state index is 0.154. The summed E-state index contributed by atoms with van der Waals surface area (Å²) in [6, 6.07) is -1.13. The quantitative estimate of drug-likeness (QED) is 0.401. The fourth-order valence-corrected chi connectivity index (χ4v) is 2.64.